The van der Waals surface area contributed by atoms with Gasteiger partial charge in [-0.2, -0.15) is 0 Å². The first-order valence-electron chi connectivity index (χ1n) is 11.2. The standard InChI is InChI=1S/C29H25F2NO3/c1-3-4-22(15-28(33)34)20-8-11-26(12-9-20)35-18-24-6-5-21-13-14-32(29(21)19(24)2)17-23-7-10-25(30)16-27(23)31/h5-14,16,22H,15,17-18H2,1-2H3,(H,33,34)/t22-/m0/s1. The Morgan fingerprint density at radius 2 is 1.80 bits per heavy atom. The highest BCUT2D eigenvalue weighted by Crippen LogP contribution is 2.27. The Balaban J connectivity index is 1.52. The average molecular weight is 474 g/mol. The number of aliphatic carboxylic acids is 1. The largest absolute Gasteiger partial charge is 0.489 e. The fraction of sp³-hybridized carbons (Fsp3) is 0.207. The number of rotatable bonds is 8. The first kappa shape index (κ1) is 24.0. The molecule has 6 heteroatoms. The Kier molecular flexibility index (Phi) is 7.17. The highest BCUT2D eigenvalue weighted by molar-refractivity contribution is 5.84. The van der Waals surface area contributed by atoms with Gasteiger partial charge in [0.2, 0.25) is 0 Å². The second-order valence-corrected chi connectivity index (χ2v) is 8.37. The molecule has 0 amide bonds. The van der Waals surface area contributed by atoms with E-state index in [2.05, 4.69) is 11.8 Å². The van der Waals surface area contributed by atoms with Crippen molar-refractivity contribution < 1.29 is 23.4 Å². The number of hydrogen-bond acceptors (Lipinski definition) is 2. The maximum atomic E-state index is 14.2. The molecule has 0 spiro atoms. The minimum Gasteiger partial charge on any atom is -0.489 e. The number of hydrogen-bond donors (Lipinski definition) is 1. The van der Waals surface area contributed by atoms with Crippen LogP contribution in [0.5, 0.6) is 5.75 Å². The molecule has 0 bridgehead atoms. The summed E-state index contributed by atoms with van der Waals surface area (Å²) in [5, 5.41) is 10.1. The van der Waals surface area contributed by atoms with E-state index < -0.39 is 17.6 Å². The van der Waals surface area contributed by atoms with E-state index >= 15 is 0 Å². The van der Waals surface area contributed by atoms with E-state index in [1.54, 1.807) is 6.92 Å². The SMILES string of the molecule is CC#C[C@@H](CC(=O)O)c1ccc(OCc2ccc3ccn(Cc4ccc(F)cc4F)c3c2C)cc1. The molecule has 4 nitrogen and oxygen atoms in total. The summed E-state index contributed by atoms with van der Waals surface area (Å²) < 4.78 is 35.4. The van der Waals surface area contributed by atoms with E-state index in [-0.39, 0.29) is 12.3 Å². The average Bonchev–Trinajstić information content (AvgIpc) is 3.24. The Labute approximate surface area is 202 Å². The van der Waals surface area contributed by atoms with Gasteiger partial charge in [0.15, 0.2) is 0 Å². The summed E-state index contributed by atoms with van der Waals surface area (Å²) in [6.07, 6.45) is 1.85. The van der Waals surface area contributed by atoms with E-state index in [4.69, 9.17) is 9.84 Å². The van der Waals surface area contributed by atoms with Gasteiger partial charge in [-0.1, -0.05) is 36.3 Å². The molecule has 0 saturated carbocycles. The van der Waals surface area contributed by atoms with Crippen LogP contribution in [0.1, 0.15) is 41.5 Å². The normalized spacial score (nSPS) is 11.7. The smallest absolute Gasteiger partial charge is 0.304 e. The Hall–Kier alpha value is -4.11. The molecule has 1 aromatic heterocycles. The molecular weight excluding hydrogens is 448 g/mol. The van der Waals surface area contributed by atoms with Crippen molar-refractivity contribution in [1.29, 1.82) is 0 Å². The van der Waals surface area contributed by atoms with Crippen molar-refractivity contribution in [3.8, 4) is 17.6 Å². The Bertz CT molecular complexity index is 1430. The quantitative estimate of drug-likeness (QED) is 0.300. The molecule has 1 N–H and O–H groups in total. The molecule has 0 aliphatic heterocycles. The molecule has 4 rings (SSSR count). The van der Waals surface area contributed by atoms with Gasteiger partial charge in [-0.25, -0.2) is 8.78 Å². The number of carboxylic acids is 1. The molecule has 4 aromatic rings. The zero-order valence-electron chi connectivity index (χ0n) is 19.5. The number of halogens is 2. The van der Waals surface area contributed by atoms with E-state index in [1.807, 2.05) is 60.2 Å². The van der Waals surface area contributed by atoms with Crippen LogP contribution >= 0.6 is 0 Å². The Morgan fingerprint density at radius 1 is 1.06 bits per heavy atom. The van der Waals surface area contributed by atoms with Gasteiger partial charge >= 0.3 is 5.97 Å². The lowest BCUT2D eigenvalue weighted by molar-refractivity contribution is -0.137. The lowest BCUT2D eigenvalue weighted by atomic mass is 9.96. The number of aryl methyl sites for hydroxylation is 1. The lowest BCUT2D eigenvalue weighted by Gasteiger charge is -2.14. The lowest BCUT2D eigenvalue weighted by Crippen LogP contribution is -2.05. The van der Waals surface area contributed by atoms with E-state index in [9.17, 15) is 13.6 Å². The van der Waals surface area contributed by atoms with Gasteiger partial charge in [-0.05, 0) is 60.2 Å². The van der Waals surface area contributed by atoms with Crippen molar-refractivity contribution >= 4 is 16.9 Å². The van der Waals surface area contributed by atoms with E-state index in [1.165, 1.54) is 12.1 Å². The summed E-state index contributed by atoms with van der Waals surface area (Å²) in [5.74, 6) is 3.98. The van der Waals surface area contributed by atoms with Gasteiger partial charge in [0.25, 0.3) is 0 Å². The highest BCUT2D eigenvalue weighted by atomic mass is 19.1. The van der Waals surface area contributed by atoms with Gasteiger partial charge in [0, 0.05) is 17.8 Å². The number of carboxylic acid groups (broad SMARTS) is 1. The molecule has 0 saturated heterocycles. The van der Waals surface area contributed by atoms with Crippen LogP contribution in [0.25, 0.3) is 10.9 Å². The highest BCUT2D eigenvalue weighted by Gasteiger charge is 2.14. The van der Waals surface area contributed by atoms with Crippen LogP contribution < -0.4 is 4.74 Å². The first-order valence-corrected chi connectivity index (χ1v) is 11.2. The zero-order chi connectivity index (χ0) is 24.9. The van der Waals surface area contributed by atoms with Crippen LogP contribution in [-0.4, -0.2) is 15.6 Å². The van der Waals surface area contributed by atoms with Gasteiger partial charge in [0.1, 0.15) is 24.0 Å². The van der Waals surface area contributed by atoms with Gasteiger partial charge in [-0.3, -0.25) is 4.79 Å². The molecule has 35 heavy (non-hydrogen) atoms. The fourth-order valence-electron chi connectivity index (χ4n) is 4.20. The summed E-state index contributed by atoms with van der Waals surface area (Å²) in [6, 6.07) is 16.9. The van der Waals surface area contributed by atoms with Crippen LogP contribution in [-0.2, 0) is 17.9 Å². The number of fused-ring (bicyclic) bond motifs is 1. The summed E-state index contributed by atoms with van der Waals surface area (Å²) in [6.45, 7) is 4.32. The van der Waals surface area contributed by atoms with E-state index in [0.717, 1.165) is 33.7 Å². The van der Waals surface area contributed by atoms with E-state index in [0.29, 0.717) is 24.5 Å². The second-order valence-electron chi connectivity index (χ2n) is 8.37. The number of benzene rings is 3. The third-order valence-corrected chi connectivity index (χ3v) is 6.03. The number of nitrogens with zero attached hydrogens (tertiary/aromatic N) is 1. The van der Waals surface area contributed by atoms with Crippen LogP contribution in [0.4, 0.5) is 8.78 Å². The third-order valence-electron chi connectivity index (χ3n) is 6.03. The topological polar surface area (TPSA) is 51.5 Å². The molecule has 0 unspecified atom stereocenters. The summed E-state index contributed by atoms with van der Waals surface area (Å²) in [7, 11) is 0. The van der Waals surface area contributed by atoms with Crippen molar-refractivity contribution in [2.45, 2.75) is 39.3 Å². The minimum absolute atomic E-state index is 0.0538. The minimum atomic E-state index is -0.893. The van der Waals surface area contributed by atoms with Gasteiger partial charge < -0.3 is 14.4 Å². The maximum Gasteiger partial charge on any atom is 0.304 e. The van der Waals surface area contributed by atoms with Crippen molar-refractivity contribution in [2.24, 2.45) is 0 Å². The predicted molar refractivity (Wildman–Crippen MR) is 131 cm³/mol. The third kappa shape index (κ3) is 5.52. The first-order chi connectivity index (χ1) is 16.9. The summed E-state index contributed by atoms with van der Waals surface area (Å²) in [5.41, 5.74) is 4.23. The van der Waals surface area contributed by atoms with Gasteiger partial charge in [0.05, 0.1) is 24.4 Å². The molecule has 178 valence electrons. The molecule has 0 aliphatic rings. The molecule has 0 fully saturated rings. The number of aromatic nitrogens is 1. The zero-order valence-corrected chi connectivity index (χ0v) is 19.5. The van der Waals surface area contributed by atoms with Crippen molar-refractivity contribution in [2.75, 3.05) is 0 Å². The summed E-state index contributed by atoms with van der Waals surface area (Å²) >= 11 is 0. The number of carbonyl (C=O) groups is 1. The molecule has 0 aliphatic carbocycles. The molecule has 0 radical (unpaired) electrons. The Morgan fingerprint density at radius 3 is 2.49 bits per heavy atom. The predicted octanol–water partition coefficient (Wildman–Crippen LogP) is 6.44. The summed E-state index contributed by atoms with van der Waals surface area (Å²) in [4.78, 5) is 11.1. The van der Waals surface area contributed by atoms with Crippen LogP contribution in [0.3, 0.4) is 0 Å². The molecule has 1 heterocycles. The monoisotopic (exact) mass is 473 g/mol. The molecular formula is C29H25F2NO3. The van der Waals surface area contributed by atoms with Crippen molar-refractivity contribution in [1.82, 2.24) is 4.57 Å². The van der Waals surface area contributed by atoms with Crippen LogP contribution in [0, 0.1) is 30.4 Å². The van der Waals surface area contributed by atoms with Crippen LogP contribution in [0.15, 0.2) is 66.9 Å². The second kappa shape index (κ2) is 10.4. The van der Waals surface area contributed by atoms with Crippen molar-refractivity contribution in [3.05, 3.63) is 101 Å². The molecule has 3 aromatic carbocycles. The van der Waals surface area contributed by atoms with Gasteiger partial charge in [-0.15, -0.1) is 5.92 Å². The molecule has 1 atom stereocenters. The maximum absolute atomic E-state index is 14.2. The van der Waals surface area contributed by atoms with Crippen molar-refractivity contribution in [3.63, 3.8) is 0 Å². The number of ether oxygens (including phenoxy) is 1. The fourth-order valence-corrected chi connectivity index (χ4v) is 4.20. The van der Waals surface area contributed by atoms with Crippen LogP contribution in [0.2, 0.25) is 0 Å².